The van der Waals surface area contributed by atoms with Gasteiger partial charge in [-0.05, 0) is 51.5 Å². The first-order valence-corrected chi connectivity index (χ1v) is 7.64. The second-order valence-corrected chi connectivity index (χ2v) is 6.91. The summed E-state index contributed by atoms with van der Waals surface area (Å²) in [6, 6.07) is 8.90. The molecular weight excluding hydrogens is 246 g/mol. The van der Waals surface area contributed by atoms with Crippen molar-refractivity contribution in [1.82, 2.24) is 5.32 Å². The van der Waals surface area contributed by atoms with Gasteiger partial charge in [-0.15, -0.1) is 0 Å². The molecule has 2 unspecified atom stereocenters. The Bertz CT molecular complexity index is 395. The Hall–Kier alpha value is -0.860. The molecule has 2 nitrogen and oxygen atoms in total. The summed E-state index contributed by atoms with van der Waals surface area (Å²) in [5.74, 6) is 1.14. The fourth-order valence-electron chi connectivity index (χ4n) is 2.47. The molecule has 0 aliphatic carbocycles. The average molecular weight is 277 g/mol. The summed E-state index contributed by atoms with van der Waals surface area (Å²) in [5, 5.41) is 3.66. The lowest BCUT2D eigenvalue weighted by Crippen LogP contribution is -2.39. The highest BCUT2D eigenvalue weighted by Gasteiger charge is 2.21. The minimum atomic E-state index is 0.156. The van der Waals surface area contributed by atoms with Crippen LogP contribution in [0.3, 0.4) is 0 Å². The van der Waals surface area contributed by atoms with E-state index >= 15 is 0 Å². The second kappa shape index (κ2) is 7.80. The maximum atomic E-state index is 5.25. The van der Waals surface area contributed by atoms with Gasteiger partial charge in [-0.1, -0.05) is 36.8 Å². The summed E-state index contributed by atoms with van der Waals surface area (Å²) in [6.45, 7) is 13.0. The predicted octanol–water partition coefficient (Wildman–Crippen LogP) is 4.14. The SMILES string of the molecule is COCCC(C)C(CNC(C)(C)C)c1cccc(C)c1. The summed E-state index contributed by atoms with van der Waals surface area (Å²) in [6.07, 6.45) is 1.10. The highest BCUT2D eigenvalue weighted by Crippen LogP contribution is 2.27. The molecule has 1 rings (SSSR count). The molecule has 20 heavy (non-hydrogen) atoms. The van der Waals surface area contributed by atoms with E-state index in [0.717, 1.165) is 19.6 Å². The summed E-state index contributed by atoms with van der Waals surface area (Å²) < 4.78 is 5.25. The molecule has 0 saturated carbocycles. The third-order valence-corrected chi connectivity index (χ3v) is 3.79. The third-order valence-electron chi connectivity index (χ3n) is 3.79. The van der Waals surface area contributed by atoms with E-state index in [1.165, 1.54) is 11.1 Å². The summed E-state index contributed by atoms with van der Waals surface area (Å²) >= 11 is 0. The van der Waals surface area contributed by atoms with Crippen molar-refractivity contribution in [1.29, 1.82) is 0 Å². The molecule has 0 amide bonds. The van der Waals surface area contributed by atoms with E-state index in [2.05, 4.69) is 64.2 Å². The lowest BCUT2D eigenvalue weighted by Gasteiger charge is -2.29. The number of nitrogens with one attached hydrogen (secondary N) is 1. The molecule has 0 fully saturated rings. The first kappa shape index (κ1) is 17.2. The molecular formula is C18H31NO. The molecule has 0 spiro atoms. The third kappa shape index (κ3) is 6.06. The highest BCUT2D eigenvalue weighted by atomic mass is 16.5. The fourth-order valence-corrected chi connectivity index (χ4v) is 2.47. The van der Waals surface area contributed by atoms with Crippen molar-refractivity contribution >= 4 is 0 Å². The number of rotatable bonds is 7. The Labute approximate surface area is 124 Å². The van der Waals surface area contributed by atoms with Gasteiger partial charge in [0, 0.05) is 25.8 Å². The number of hydrogen-bond donors (Lipinski definition) is 1. The van der Waals surface area contributed by atoms with Crippen molar-refractivity contribution in [2.75, 3.05) is 20.3 Å². The Morgan fingerprint density at radius 1 is 1.25 bits per heavy atom. The Morgan fingerprint density at radius 3 is 2.50 bits per heavy atom. The van der Waals surface area contributed by atoms with E-state index in [1.54, 1.807) is 7.11 Å². The van der Waals surface area contributed by atoms with Gasteiger partial charge >= 0.3 is 0 Å². The van der Waals surface area contributed by atoms with E-state index in [9.17, 15) is 0 Å². The van der Waals surface area contributed by atoms with Crippen LogP contribution in [0.15, 0.2) is 24.3 Å². The molecule has 0 saturated heterocycles. The van der Waals surface area contributed by atoms with Crippen LogP contribution >= 0.6 is 0 Å². The molecule has 0 bridgehead atoms. The normalized spacial score (nSPS) is 15.1. The first-order valence-electron chi connectivity index (χ1n) is 7.64. The van der Waals surface area contributed by atoms with Gasteiger partial charge in [-0.2, -0.15) is 0 Å². The van der Waals surface area contributed by atoms with Crippen LogP contribution in [0.1, 0.15) is 51.2 Å². The lowest BCUT2D eigenvalue weighted by molar-refractivity contribution is 0.172. The van der Waals surface area contributed by atoms with Gasteiger partial charge in [-0.25, -0.2) is 0 Å². The molecule has 0 aliphatic heterocycles. The van der Waals surface area contributed by atoms with Gasteiger partial charge in [0.1, 0.15) is 0 Å². The monoisotopic (exact) mass is 277 g/mol. The van der Waals surface area contributed by atoms with Crippen molar-refractivity contribution in [3.8, 4) is 0 Å². The molecule has 0 heterocycles. The van der Waals surface area contributed by atoms with Crippen LogP contribution in [0, 0.1) is 12.8 Å². The number of aryl methyl sites for hydroxylation is 1. The largest absolute Gasteiger partial charge is 0.385 e. The predicted molar refractivity (Wildman–Crippen MR) is 87.3 cm³/mol. The van der Waals surface area contributed by atoms with E-state index in [1.807, 2.05) is 0 Å². The van der Waals surface area contributed by atoms with Crippen molar-refractivity contribution in [3.05, 3.63) is 35.4 Å². The van der Waals surface area contributed by atoms with E-state index in [-0.39, 0.29) is 5.54 Å². The minimum absolute atomic E-state index is 0.156. The van der Waals surface area contributed by atoms with Crippen molar-refractivity contribution in [3.63, 3.8) is 0 Å². The molecule has 0 aromatic heterocycles. The highest BCUT2D eigenvalue weighted by molar-refractivity contribution is 5.26. The van der Waals surface area contributed by atoms with Crippen LogP contribution in [0.5, 0.6) is 0 Å². The van der Waals surface area contributed by atoms with Gasteiger partial charge in [0.25, 0.3) is 0 Å². The maximum absolute atomic E-state index is 5.25. The van der Waals surface area contributed by atoms with E-state index in [0.29, 0.717) is 11.8 Å². The van der Waals surface area contributed by atoms with Crippen LogP contribution in [0.4, 0.5) is 0 Å². The van der Waals surface area contributed by atoms with Gasteiger partial charge in [-0.3, -0.25) is 0 Å². The second-order valence-electron chi connectivity index (χ2n) is 6.91. The molecule has 114 valence electrons. The van der Waals surface area contributed by atoms with Crippen LogP contribution in [0.25, 0.3) is 0 Å². The molecule has 0 radical (unpaired) electrons. The lowest BCUT2D eigenvalue weighted by atomic mass is 9.84. The zero-order chi connectivity index (χ0) is 15.2. The molecule has 0 aliphatic rings. The molecule has 2 heteroatoms. The standard InChI is InChI=1S/C18H31NO/c1-14-8-7-9-16(12-14)17(13-19-18(3,4)5)15(2)10-11-20-6/h7-9,12,15,17,19H,10-11,13H2,1-6H3. The summed E-state index contributed by atoms with van der Waals surface area (Å²) in [7, 11) is 1.78. The molecule has 1 aromatic rings. The Morgan fingerprint density at radius 2 is 1.95 bits per heavy atom. The van der Waals surface area contributed by atoms with Gasteiger partial charge in [0.2, 0.25) is 0 Å². The van der Waals surface area contributed by atoms with E-state index in [4.69, 9.17) is 4.74 Å². The minimum Gasteiger partial charge on any atom is -0.385 e. The number of hydrogen-bond acceptors (Lipinski definition) is 2. The number of methoxy groups -OCH3 is 1. The van der Waals surface area contributed by atoms with Crippen LogP contribution in [-0.2, 0) is 4.74 Å². The molecule has 1 aromatic carbocycles. The maximum Gasteiger partial charge on any atom is 0.0465 e. The zero-order valence-electron chi connectivity index (χ0n) is 14.0. The topological polar surface area (TPSA) is 21.3 Å². The molecule has 1 N–H and O–H groups in total. The number of ether oxygens (including phenoxy) is 1. The van der Waals surface area contributed by atoms with Crippen LogP contribution in [-0.4, -0.2) is 25.8 Å². The summed E-state index contributed by atoms with van der Waals surface area (Å²) in [5.41, 5.74) is 2.93. The van der Waals surface area contributed by atoms with Crippen LogP contribution in [0.2, 0.25) is 0 Å². The fraction of sp³-hybridized carbons (Fsp3) is 0.667. The Kier molecular flexibility index (Phi) is 6.70. The van der Waals surface area contributed by atoms with Crippen molar-refractivity contribution in [2.24, 2.45) is 5.92 Å². The number of benzene rings is 1. The van der Waals surface area contributed by atoms with Gasteiger partial charge in [0.15, 0.2) is 0 Å². The van der Waals surface area contributed by atoms with Crippen molar-refractivity contribution < 1.29 is 4.74 Å². The smallest absolute Gasteiger partial charge is 0.0465 e. The quantitative estimate of drug-likeness (QED) is 0.809. The van der Waals surface area contributed by atoms with Crippen LogP contribution < -0.4 is 5.32 Å². The van der Waals surface area contributed by atoms with Crippen molar-refractivity contribution in [2.45, 2.75) is 52.5 Å². The van der Waals surface area contributed by atoms with Gasteiger partial charge in [0.05, 0.1) is 0 Å². The average Bonchev–Trinajstić information content (AvgIpc) is 2.35. The molecule has 2 atom stereocenters. The Balaban J connectivity index is 2.83. The summed E-state index contributed by atoms with van der Waals surface area (Å²) in [4.78, 5) is 0. The first-order chi connectivity index (χ1) is 9.33. The van der Waals surface area contributed by atoms with E-state index < -0.39 is 0 Å². The van der Waals surface area contributed by atoms with Gasteiger partial charge < -0.3 is 10.1 Å². The zero-order valence-corrected chi connectivity index (χ0v) is 14.0.